The average Bonchev–Trinajstić information content (AvgIpc) is 2.36. The molecule has 0 heterocycles. The van der Waals surface area contributed by atoms with Crippen molar-refractivity contribution >= 4 is 0 Å². The van der Waals surface area contributed by atoms with Crippen molar-refractivity contribution in [3.8, 4) is 0 Å². The minimum absolute atomic E-state index is 0.352. The summed E-state index contributed by atoms with van der Waals surface area (Å²) in [5.41, 5.74) is 0.645. The molecule has 4 bridgehead atoms. The van der Waals surface area contributed by atoms with Crippen LogP contribution in [0, 0.1) is 23.2 Å². The third-order valence-electron chi connectivity index (χ3n) is 6.29. The second-order valence-electron chi connectivity index (χ2n) is 7.74. The zero-order chi connectivity index (χ0) is 13.3. The summed E-state index contributed by atoms with van der Waals surface area (Å²) in [5, 5.41) is 12.6. The Morgan fingerprint density at radius 2 is 1.58 bits per heavy atom. The first-order chi connectivity index (χ1) is 9.22. The van der Waals surface area contributed by atoms with Gasteiger partial charge in [0.1, 0.15) is 0 Å². The number of rotatable bonds is 7. The zero-order valence-electron chi connectivity index (χ0n) is 12.5. The molecule has 2 heteroatoms. The second-order valence-corrected chi connectivity index (χ2v) is 7.74. The summed E-state index contributed by atoms with van der Waals surface area (Å²) in [6.45, 7) is 3.94. The smallest absolute Gasteiger partial charge is 0.0431 e. The SMILES string of the molecule is CC(NCCCCCO)C12CC3CC(CC(C3)C1)C2. The van der Waals surface area contributed by atoms with Gasteiger partial charge in [-0.1, -0.05) is 0 Å². The van der Waals surface area contributed by atoms with Crippen LogP contribution >= 0.6 is 0 Å². The Hall–Kier alpha value is -0.0800. The van der Waals surface area contributed by atoms with Crippen LogP contribution in [-0.2, 0) is 0 Å². The highest BCUT2D eigenvalue weighted by Gasteiger charge is 2.52. The summed E-state index contributed by atoms with van der Waals surface area (Å²) in [7, 11) is 0. The fraction of sp³-hybridized carbons (Fsp3) is 1.00. The normalized spacial score (nSPS) is 41.7. The molecule has 4 saturated carbocycles. The van der Waals surface area contributed by atoms with Gasteiger partial charge in [-0.15, -0.1) is 0 Å². The van der Waals surface area contributed by atoms with Gasteiger partial charge in [0.15, 0.2) is 0 Å². The molecule has 2 N–H and O–H groups in total. The van der Waals surface area contributed by atoms with Gasteiger partial charge in [-0.2, -0.15) is 0 Å². The van der Waals surface area contributed by atoms with E-state index >= 15 is 0 Å². The topological polar surface area (TPSA) is 32.3 Å². The summed E-state index contributed by atoms with van der Waals surface area (Å²) in [5.74, 6) is 3.18. The van der Waals surface area contributed by atoms with E-state index in [-0.39, 0.29) is 0 Å². The Kier molecular flexibility index (Phi) is 4.19. The van der Waals surface area contributed by atoms with Crippen molar-refractivity contribution in [2.45, 2.75) is 70.8 Å². The van der Waals surface area contributed by atoms with E-state index < -0.39 is 0 Å². The number of hydrogen-bond acceptors (Lipinski definition) is 2. The molecule has 2 nitrogen and oxygen atoms in total. The zero-order valence-corrected chi connectivity index (χ0v) is 12.5. The molecule has 0 radical (unpaired) electrons. The van der Waals surface area contributed by atoms with Crippen LogP contribution in [-0.4, -0.2) is 24.3 Å². The summed E-state index contributed by atoms with van der Waals surface area (Å²) < 4.78 is 0. The quantitative estimate of drug-likeness (QED) is 0.692. The summed E-state index contributed by atoms with van der Waals surface area (Å²) in [6, 6.07) is 0.704. The lowest BCUT2D eigenvalue weighted by atomic mass is 9.48. The van der Waals surface area contributed by atoms with Gasteiger partial charge in [-0.3, -0.25) is 0 Å². The van der Waals surface area contributed by atoms with E-state index in [9.17, 15) is 0 Å². The monoisotopic (exact) mass is 265 g/mol. The maximum atomic E-state index is 8.81. The summed E-state index contributed by atoms with van der Waals surface area (Å²) in [4.78, 5) is 0. The van der Waals surface area contributed by atoms with Crippen LogP contribution in [0.3, 0.4) is 0 Å². The minimum Gasteiger partial charge on any atom is -0.396 e. The third-order valence-corrected chi connectivity index (χ3v) is 6.29. The Balaban J connectivity index is 1.50. The number of aliphatic hydroxyl groups excluding tert-OH is 1. The third kappa shape index (κ3) is 2.85. The highest BCUT2D eigenvalue weighted by atomic mass is 16.2. The van der Waals surface area contributed by atoms with Crippen LogP contribution in [0.25, 0.3) is 0 Å². The molecule has 0 aromatic rings. The molecular weight excluding hydrogens is 234 g/mol. The molecule has 110 valence electrons. The van der Waals surface area contributed by atoms with Crippen LogP contribution in [0.1, 0.15) is 64.7 Å². The molecule has 1 unspecified atom stereocenters. The van der Waals surface area contributed by atoms with Gasteiger partial charge in [0.25, 0.3) is 0 Å². The molecule has 0 aromatic carbocycles. The Bertz CT molecular complexity index is 266. The van der Waals surface area contributed by atoms with Crippen LogP contribution in [0.4, 0.5) is 0 Å². The van der Waals surface area contributed by atoms with Crippen molar-refractivity contribution < 1.29 is 5.11 Å². The van der Waals surface area contributed by atoms with Crippen molar-refractivity contribution in [1.82, 2.24) is 5.32 Å². The van der Waals surface area contributed by atoms with Gasteiger partial charge in [0, 0.05) is 12.6 Å². The van der Waals surface area contributed by atoms with Crippen LogP contribution < -0.4 is 5.32 Å². The van der Waals surface area contributed by atoms with E-state index in [0.29, 0.717) is 18.1 Å². The Morgan fingerprint density at radius 3 is 2.11 bits per heavy atom. The molecule has 0 saturated heterocycles. The van der Waals surface area contributed by atoms with E-state index in [1.807, 2.05) is 0 Å². The maximum Gasteiger partial charge on any atom is 0.0431 e. The van der Waals surface area contributed by atoms with Gasteiger partial charge in [0.2, 0.25) is 0 Å². The van der Waals surface area contributed by atoms with Crippen molar-refractivity contribution in [2.75, 3.05) is 13.2 Å². The fourth-order valence-electron chi connectivity index (χ4n) is 5.66. The number of nitrogens with one attached hydrogen (secondary N) is 1. The molecule has 0 aromatic heterocycles. The van der Waals surface area contributed by atoms with Crippen LogP contribution in [0.2, 0.25) is 0 Å². The van der Waals surface area contributed by atoms with Gasteiger partial charge in [-0.25, -0.2) is 0 Å². The predicted octanol–water partition coefficient (Wildman–Crippen LogP) is 3.34. The first-order valence-electron chi connectivity index (χ1n) is 8.56. The van der Waals surface area contributed by atoms with E-state index in [1.165, 1.54) is 25.7 Å². The number of hydrogen-bond donors (Lipinski definition) is 2. The van der Waals surface area contributed by atoms with Crippen molar-refractivity contribution in [3.05, 3.63) is 0 Å². The molecular formula is C17H31NO. The maximum absolute atomic E-state index is 8.81. The van der Waals surface area contributed by atoms with Crippen molar-refractivity contribution in [1.29, 1.82) is 0 Å². The van der Waals surface area contributed by atoms with Crippen molar-refractivity contribution in [2.24, 2.45) is 23.2 Å². The Labute approximate surface area is 118 Å². The molecule has 4 aliphatic rings. The van der Waals surface area contributed by atoms with E-state index in [1.54, 1.807) is 19.3 Å². The average molecular weight is 265 g/mol. The van der Waals surface area contributed by atoms with Crippen LogP contribution in [0.5, 0.6) is 0 Å². The number of unbranched alkanes of at least 4 members (excludes halogenated alkanes) is 2. The highest BCUT2D eigenvalue weighted by Crippen LogP contribution is 2.61. The van der Waals surface area contributed by atoms with Gasteiger partial charge in [0.05, 0.1) is 0 Å². The molecule has 4 fully saturated rings. The van der Waals surface area contributed by atoms with Gasteiger partial charge in [-0.05, 0) is 94.4 Å². The molecule has 19 heavy (non-hydrogen) atoms. The van der Waals surface area contributed by atoms with Gasteiger partial charge < -0.3 is 10.4 Å². The minimum atomic E-state index is 0.352. The lowest BCUT2D eigenvalue weighted by Crippen LogP contribution is -2.54. The lowest BCUT2D eigenvalue weighted by Gasteiger charge is -2.59. The largest absolute Gasteiger partial charge is 0.396 e. The summed E-state index contributed by atoms with van der Waals surface area (Å²) >= 11 is 0. The lowest BCUT2D eigenvalue weighted by molar-refractivity contribution is -0.0703. The van der Waals surface area contributed by atoms with E-state index in [0.717, 1.165) is 37.1 Å². The fourth-order valence-corrected chi connectivity index (χ4v) is 5.66. The number of aliphatic hydroxyl groups is 1. The van der Waals surface area contributed by atoms with Crippen molar-refractivity contribution in [3.63, 3.8) is 0 Å². The van der Waals surface area contributed by atoms with Gasteiger partial charge >= 0.3 is 0 Å². The summed E-state index contributed by atoms with van der Waals surface area (Å²) in [6.07, 6.45) is 12.5. The molecule has 4 aliphatic carbocycles. The van der Waals surface area contributed by atoms with Crippen LogP contribution in [0.15, 0.2) is 0 Å². The molecule has 0 spiro atoms. The van der Waals surface area contributed by atoms with E-state index in [4.69, 9.17) is 5.11 Å². The second kappa shape index (κ2) is 5.73. The molecule has 4 rings (SSSR count). The standard InChI is InChI=1S/C17H31NO/c1-13(18-5-3-2-4-6-19)17-10-14-7-15(11-17)9-16(8-14)12-17/h13-16,18-19H,2-12H2,1H3. The molecule has 1 atom stereocenters. The molecule has 0 aliphatic heterocycles. The Morgan fingerprint density at radius 1 is 1.00 bits per heavy atom. The first-order valence-corrected chi connectivity index (χ1v) is 8.56. The highest BCUT2D eigenvalue weighted by molar-refractivity contribution is 5.05. The predicted molar refractivity (Wildman–Crippen MR) is 79.0 cm³/mol. The molecule has 0 amide bonds. The first kappa shape index (κ1) is 13.9. The van der Waals surface area contributed by atoms with E-state index in [2.05, 4.69) is 12.2 Å².